The van der Waals surface area contributed by atoms with Crippen LogP contribution in [0.15, 0.2) is 6.07 Å². The lowest BCUT2D eigenvalue weighted by Gasteiger charge is -2.05. The van der Waals surface area contributed by atoms with Gasteiger partial charge in [0.15, 0.2) is 0 Å². The van der Waals surface area contributed by atoms with Gasteiger partial charge in [-0.1, -0.05) is 0 Å². The summed E-state index contributed by atoms with van der Waals surface area (Å²) in [5.74, 6) is 1.62. The fourth-order valence-corrected chi connectivity index (χ4v) is 1.37. The van der Waals surface area contributed by atoms with Crippen LogP contribution in [0.5, 0.6) is 11.6 Å². The number of aromatic nitrogens is 1. The van der Waals surface area contributed by atoms with E-state index in [1.165, 1.54) is 0 Å². The highest BCUT2D eigenvalue weighted by Crippen LogP contribution is 2.28. The Bertz CT molecular complexity index is 309. The van der Waals surface area contributed by atoms with E-state index in [4.69, 9.17) is 9.47 Å². The van der Waals surface area contributed by atoms with Crippen molar-refractivity contribution in [3.8, 4) is 11.6 Å². The van der Waals surface area contributed by atoms with Crippen LogP contribution in [0.1, 0.15) is 11.3 Å². The van der Waals surface area contributed by atoms with Crippen LogP contribution in [0.4, 0.5) is 0 Å². The van der Waals surface area contributed by atoms with Gasteiger partial charge in [-0.3, -0.25) is 0 Å². The zero-order valence-corrected chi connectivity index (χ0v) is 7.26. The summed E-state index contributed by atoms with van der Waals surface area (Å²) in [4.78, 5) is 4.28. The van der Waals surface area contributed by atoms with Crippen LogP contribution in [0.25, 0.3) is 0 Å². The molecule has 0 aromatic carbocycles. The van der Waals surface area contributed by atoms with Gasteiger partial charge in [0.25, 0.3) is 0 Å². The van der Waals surface area contributed by atoms with Crippen LogP contribution in [-0.4, -0.2) is 18.7 Å². The Kier molecular flexibility index (Phi) is 1.64. The molecule has 0 amide bonds. The Morgan fingerprint density at radius 2 is 2.42 bits per heavy atom. The predicted octanol–water partition coefficient (Wildman–Crippen LogP) is 1.33. The second kappa shape index (κ2) is 2.66. The summed E-state index contributed by atoms with van der Waals surface area (Å²) in [6, 6.07) is 2.00. The molecule has 0 saturated carbocycles. The molecule has 3 heteroatoms. The molecule has 0 unspecified atom stereocenters. The fraction of sp³-hybridized carbons (Fsp3) is 0.444. The van der Waals surface area contributed by atoms with Gasteiger partial charge in [-0.15, -0.1) is 0 Å². The number of methoxy groups -OCH3 is 1. The van der Waals surface area contributed by atoms with Crippen molar-refractivity contribution in [3.63, 3.8) is 0 Å². The van der Waals surface area contributed by atoms with E-state index in [1.54, 1.807) is 7.11 Å². The first-order valence-electron chi connectivity index (χ1n) is 3.98. The molecule has 0 radical (unpaired) electrons. The maximum atomic E-state index is 5.31. The van der Waals surface area contributed by atoms with Crippen LogP contribution in [0, 0.1) is 6.92 Å². The molecule has 1 aromatic rings. The van der Waals surface area contributed by atoms with Gasteiger partial charge in [0, 0.05) is 12.0 Å². The molecule has 1 aliphatic heterocycles. The summed E-state index contributed by atoms with van der Waals surface area (Å²) in [7, 11) is 1.66. The maximum absolute atomic E-state index is 5.31. The van der Waals surface area contributed by atoms with Crippen LogP contribution in [0.3, 0.4) is 0 Å². The molecule has 0 atom stereocenters. The van der Waals surface area contributed by atoms with E-state index >= 15 is 0 Å². The number of hydrogen-bond donors (Lipinski definition) is 0. The van der Waals surface area contributed by atoms with Crippen molar-refractivity contribution in [1.82, 2.24) is 4.98 Å². The quantitative estimate of drug-likeness (QED) is 0.629. The number of fused-ring (bicyclic) bond motifs is 1. The van der Waals surface area contributed by atoms with Crippen molar-refractivity contribution >= 4 is 0 Å². The molecular formula is C9H11NO2. The SMILES string of the molecule is COc1cc2c(nc1C)OCC2. The Balaban J connectivity index is 2.49. The van der Waals surface area contributed by atoms with Gasteiger partial charge in [-0.25, -0.2) is 4.98 Å². The average Bonchev–Trinajstić information content (AvgIpc) is 2.49. The van der Waals surface area contributed by atoms with Gasteiger partial charge in [-0.05, 0) is 13.0 Å². The lowest BCUT2D eigenvalue weighted by molar-refractivity contribution is 0.342. The Morgan fingerprint density at radius 3 is 3.17 bits per heavy atom. The highest BCUT2D eigenvalue weighted by Gasteiger charge is 2.15. The standard InChI is InChI=1S/C9H11NO2/c1-6-8(11-2)5-7-3-4-12-9(7)10-6/h5H,3-4H2,1-2H3. The van der Waals surface area contributed by atoms with E-state index in [0.29, 0.717) is 0 Å². The minimum absolute atomic E-state index is 0.745. The average molecular weight is 165 g/mol. The number of ether oxygens (including phenoxy) is 2. The van der Waals surface area contributed by atoms with Crippen molar-refractivity contribution < 1.29 is 9.47 Å². The molecule has 1 aliphatic rings. The summed E-state index contributed by atoms with van der Waals surface area (Å²) in [6.07, 6.45) is 0.943. The molecule has 12 heavy (non-hydrogen) atoms. The van der Waals surface area contributed by atoms with Crippen LogP contribution >= 0.6 is 0 Å². The molecule has 0 aliphatic carbocycles. The zero-order chi connectivity index (χ0) is 8.55. The first-order chi connectivity index (χ1) is 5.81. The third kappa shape index (κ3) is 1.02. The minimum Gasteiger partial charge on any atom is -0.495 e. The topological polar surface area (TPSA) is 31.4 Å². The van der Waals surface area contributed by atoms with E-state index in [2.05, 4.69) is 4.98 Å². The van der Waals surface area contributed by atoms with Crippen molar-refractivity contribution in [2.75, 3.05) is 13.7 Å². The minimum atomic E-state index is 0.745. The Labute approximate surface area is 71.3 Å². The number of hydrogen-bond acceptors (Lipinski definition) is 3. The summed E-state index contributed by atoms with van der Waals surface area (Å²) in [5.41, 5.74) is 2.04. The van der Waals surface area contributed by atoms with Crippen molar-refractivity contribution in [3.05, 3.63) is 17.3 Å². The molecule has 2 rings (SSSR count). The first-order valence-corrected chi connectivity index (χ1v) is 3.98. The molecule has 0 bridgehead atoms. The number of pyridine rings is 1. The van der Waals surface area contributed by atoms with Gasteiger partial charge < -0.3 is 9.47 Å². The molecular weight excluding hydrogens is 154 g/mol. The van der Waals surface area contributed by atoms with E-state index < -0.39 is 0 Å². The summed E-state index contributed by atoms with van der Waals surface area (Å²) in [5, 5.41) is 0. The van der Waals surface area contributed by atoms with E-state index in [9.17, 15) is 0 Å². The van der Waals surface area contributed by atoms with Gasteiger partial charge in [0.1, 0.15) is 5.75 Å². The number of nitrogens with zero attached hydrogens (tertiary/aromatic N) is 1. The molecule has 0 N–H and O–H groups in total. The summed E-state index contributed by atoms with van der Waals surface area (Å²) < 4.78 is 10.5. The lowest BCUT2D eigenvalue weighted by atomic mass is 10.2. The third-order valence-corrected chi connectivity index (χ3v) is 2.04. The van der Waals surface area contributed by atoms with Crippen LogP contribution in [-0.2, 0) is 6.42 Å². The highest BCUT2D eigenvalue weighted by molar-refractivity contribution is 5.39. The highest BCUT2D eigenvalue weighted by atomic mass is 16.5. The molecule has 3 nitrogen and oxygen atoms in total. The van der Waals surface area contributed by atoms with Gasteiger partial charge in [0.05, 0.1) is 19.4 Å². The van der Waals surface area contributed by atoms with Gasteiger partial charge in [-0.2, -0.15) is 0 Å². The maximum Gasteiger partial charge on any atom is 0.217 e. The summed E-state index contributed by atoms with van der Waals surface area (Å²) in [6.45, 7) is 2.66. The molecule has 0 fully saturated rings. The Morgan fingerprint density at radius 1 is 1.58 bits per heavy atom. The second-order valence-electron chi connectivity index (χ2n) is 2.84. The first kappa shape index (κ1) is 7.40. The Hall–Kier alpha value is -1.25. The molecule has 64 valence electrons. The van der Waals surface area contributed by atoms with Crippen LogP contribution < -0.4 is 9.47 Å². The fourth-order valence-electron chi connectivity index (χ4n) is 1.37. The second-order valence-corrected chi connectivity index (χ2v) is 2.84. The van der Waals surface area contributed by atoms with E-state index in [-0.39, 0.29) is 0 Å². The zero-order valence-electron chi connectivity index (χ0n) is 7.26. The third-order valence-electron chi connectivity index (χ3n) is 2.04. The molecule has 0 saturated heterocycles. The molecule has 1 aromatic heterocycles. The largest absolute Gasteiger partial charge is 0.495 e. The normalized spacial score (nSPS) is 13.8. The van der Waals surface area contributed by atoms with Crippen molar-refractivity contribution in [2.24, 2.45) is 0 Å². The van der Waals surface area contributed by atoms with Crippen molar-refractivity contribution in [2.45, 2.75) is 13.3 Å². The van der Waals surface area contributed by atoms with Gasteiger partial charge >= 0.3 is 0 Å². The molecule has 2 heterocycles. The predicted molar refractivity (Wildman–Crippen MR) is 44.7 cm³/mol. The molecule has 0 spiro atoms. The lowest BCUT2D eigenvalue weighted by Crippen LogP contribution is -1.93. The number of rotatable bonds is 1. The number of aryl methyl sites for hydroxylation is 1. The monoisotopic (exact) mass is 165 g/mol. The summed E-state index contributed by atoms with van der Waals surface area (Å²) >= 11 is 0. The van der Waals surface area contributed by atoms with E-state index in [0.717, 1.165) is 35.9 Å². The van der Waals surface area contributed by atoms with Crippen LogP contribution in [0.2, 0.25) is 0 Å². The smallest absolute Gasteiger partial charge is 0.217 e. The van der Waals surface area contributed by atoms with E-state index in [1.807, 2.05) is 13.0 Å². The van der Waals surface area contributed by atoms with Crippen molar-refractivity contribution in [1.29, 1.82) is 0 Å². The van der Waals surface area contributed by atoms with Gasteiger partial charge in [0.2, 0.25) is 5.88 Å².